The van der Waals surface area contributed by atoms with Crippen molar-refractivity contribution < 1.29 is 4.79 Å². The zero-order chi connectivity index (χ0) is 13.0. The molecule has 2 heterocycles. The van der Waals surface area contributed by atoms with Crippen molar-refractivity contribution in [2.75, 3.05) is 31.1 Å². The summed E-state index contributed by atoms with van der Waals surface area (Å²) in [5.41, 5.74) is 5.39. The maximum atomic E-state index is 11.9. The molecular weight excluding hydrogens is 250 g/mol. The van der Waals surface area contributed by atoms with Crippen molar-refractivity contribution in [2.45, 2.75) is 19.8 Å². The third-order valence-electron chi connectivity index (χ3n) is 3.02. The lowest BCUT2D eigenvalue weighted by molar-refractivity contribution is -0.125. The minimum absolute atomic E-state index is 0.0366. The van der Waals surface area contributed by atoms with Gasteiger partial charge in [0.2, 0.25) is 11.0 Å². The molecular formula is C11H19N5OS. The van der Waals surface area contributed by atoms with Crippen LogP contribution in [0.1, 0.15) is 18.7 Å². The first kappa shape index (κ1) is 13.2. The van der Waals surface area contributed by atoms with Gasteiger partial charge in [0.15, 0.2) is 0 Å². The Bertz CT molecular complexity index is 408. The molecule has 1 aromatic heterocycles. The molecule has 1 aromatic rings. The fourth-order valence-electron chi connectivity index (χ4n) is 2.12. The molecule has 0 radical (unpaired) electrons. The molecule has 0 saturated carbocycles. The van der Waals surface area contributed by atoms with E-state index in [0.29, 0.717) is 13.1 Å². The summed E-state index contributed by atoms with van der Waals surface area (Å²) >= 11 is 1.40. The molecule has 100 valence electrons. The highest BCUT2D eigenvalue weighted by Crippen LogP contribution is 2.24. The summed E-state index contributed by atoms with van der Waals surface area (Å²) < 4.78 is 4.18. The van der Waals surface area contributed by atoms with Crippen molar-refractivity contribution in [3.8, 4) is 0 Å². The van der Waals surface area contributed by atoms with Gasteiger partial charge in [-0.2, -0.15) is 4.37 Å². The number of anilines is 1. The lowest BCUT2D eigenvalue weighted by Gasteiger charge is -2.31. The number of piperidine rings is 1. The molecule has 1 fully saturated rings. The number of carbonyl (C=O) groups is 1. The molecule has 0 aromatic carbocycles. The van der Waals surface area contributed by atoms with Crippen LogP contribution in [0.5, 0.6) is 0 Å². The van der Waals surface area contributed by atoms with Gasteiger partial charge in [-0.25, -0.2) is 4.98 Å². The van der Waals surface area contributed by atoms with Crippen molar-refractivity contribution in [2.24, 2.45) is 11.7 Å². The lowest BCUT2D eigenvalue weighted by atomic mass is 9.97. The Morgan fingerprint density at radius 2 is 2.50 bits per heavy atom. The van der Waals surface area contributed by atoms with E-state index >= 15 is 0 Å². The second-order valence-corrected chi connectivity index (χ2v) is 5.22. The van der Waals surface area contributed by atoms with Gasteiger partial charge in [0.1, 0.15) is 5.82 Å². The first-order valence-corrected chi connectivity index (χ1v) is 7.01. The summed E-state index contributed by atoms with van der Waals surface area (Å²) in [6.45, 7) is 4.60. The first-order valence-electron chi connectivity index (χ1n) is 6.23. The minimum Gasteiger partial charge on any atom is -0.355 e. The summed E-state index contributed by atoms with van der Waals surface area (Å²) in [6, 6.07) is 0. The lowest BCUT2D eigenvalue weighted by Crippen LogP contribution is -2.44. The Hall–Kier alpha value is -1.21. The van der Waals surface area contributed by atoms with Crippen molar-refractivity contribution in [1.82, 2.24) is 14.7 Å². The molecule has 1 aliphatic heterocycles. The maximum absolute atomic E-state index is 11.9. The van der Waals surface area contributed by atoms with Crippen LogP contribution in [0.3, 0.4) is 0 Å². The highest BCUT2D eigenvalue weighted by molar-refractivity contribution is 7.09. The maximum Gasteiger partial charge on any atom is 0.224 e. The number of hydrogen-bond donors (Lipinski definition) is 2. The SMILES string of the molecule is Cc1nsc(N2CCCC(C(=O)NCCN)C2)n1. The van der Waals surface area contributed by atoms with E-state index in [-0.39, 0.29) is 11.8 Å². The van der Waals surface area contributed by atoms with E-state index in [1.165, 1.54) is 11.5 Å². The zero-order valence-corrected chi connectivity index (χ0v) is 11.4. The number of nitrogens with one attached hydrogen (secondary N) is 1. The average molecular weight is 269 g/mol. The molecule has 1 saturated heterocycles. The number of amides is 1. The van der Waals surface area contributed by atoms with E-state index in [1.807, 2.05) is 6.92 Å². The molecule has 1 unspecified atom stereocenters. The minimum atomic E-state index is 0.0366. The number of nitrogens with zero attached hydrogens (tertiary/aromatic N) is 3. The Morgan fingerprint density at radius 3 is 3.17 bits per heavy atom. The second kappa shape index (κ2) is 6.10. The van der Waals surface area contributed by atoms with E-state index in [4.69, 9.17) is 5.73 Å². The fourth-order valence-corrected chi connectivity index (χ4v) is 2.83. The fraction of sp³-hybridized carbons (Fsp3) is 0.727. The Labute approximate surface area is 111 Å². The predicted molar refractivity (Wildman–Crippen MR) is 71.6 cm³/mol. The Morgan fingerprint density at radius 1 is 1.67 bits per heavy atom. The van der Waals surface area contributed by atoms with Crippen LogP contribution >= 0.6 is 11.5 Å². The van der Waals surface area contributed by atoms with E-state index in [0.717, 1.165) is 36.9 Å². The molecule has 6 nitrogen and oxygen atoms in total. The molecule has 0 bridgehead atoms. The van der Waals surface area contributed by atoms with Gasteiger partial charge in [0.05, 0.1) is 5.92 Å². The van der Waals surface area contributed by atoms with E-state index in [2.05, 4.69) is 19.6 Å². The summed E-state index contributed by atoms with van der Waals surface area (Å²) in [5.74, 6) is 0.936. The van der Waals surface area contributed by atoms with E-state index in [9.17, 15) is 4.79 Å². The summed E-state index contributed by atoms with van der Waals surface area (Å²) in [4.78, 5) is 18.4. The van der Waals surface area contributed by atoms with Crippen molar-refractivity contribution in [3.05, 3.63) is 5.82 Å². The summed E-state index contributed by atoms with van der Waals surface area (Å²) in [6.07, 6.45) is 1.95. The van der Waals surface area contributed by atoms with Gasteiger partial charge < -0.3 is 16.0 Å². The van der Waals surface area contributed by atoms with Gasteiger partial charge in [-0.1, -0.05) is 0 Å². The third kappa shape index (κ3) is 3.17. The van der Waals surface area contributed by atoms with Gasteiger partial charge in [-0.3, -0.25) is 4.79 Å². The highest BCUT2D eigenvalue weighted by atomic mass is 32.1. The molecule has 18 heavy (non-hydrogen) atoms. The van der Waals surface area contributed by atoms with Crippen LogP contribution in [0.15, 0.2) is 0 Å². The molecule has 0 spiro atoms. The molecule has 7 heteroatoms. The number of rotatable bonds is 4. The Kier molecular flexibility index (Phi) is 4.48. The summed E-state index contributed by atoms with van der Waals surface area (Å²) in [5, 5.41) is 3.78. The zero-order valence-electron chi connectivity index (χ0n) is 10.6. The van der Waals surface area contributed by atoms with Crippen LogP contribution in [0.25, 0.3) is 0 Å². The topological polar surface area (TPSA) is 84.1 Å². The highest BCUT2D eigenvalue weighted by Gasteiger charge is 2.27. The standard InChI is InChI=1S/C11H19N5OS/c1-8-14-11(18-15-8)16-6-2-3-9(7-16)10(17)13-5-4-12/h9H,2-7,12H2,1H3,(H,13,17). The monoisotopic (exact) mass is 269 g/mol. The number of nitrogens with two attached hydrogens (primary N) is 1. The molecule has 1 atom stereocenters. The van der Waals surface area contributed by atoms with Gasteiger partial charge >= 0.3 is 0 Å². The van der Waals surface area contributed by atoms with Gasteiger partial charge in [-0.05, 0) is 19.8 Å². The molecule has 3 N–H and O–H groups in total. The Balaban J connectivity index is 1.94. The van der Waals surface area contributed by atoms with Crippen LogP contribution in [0, 0.1) is 12.8 Å². The van der Waals surface area contributed by atoms with Crippen molar-refractivity contribution >= 4 is 22.6 Å². The predicted octanol–water partition coefficient (Wildman–Crippen LogP) is 0.138. The molecule has 0 aliphatic carbocycles. The van der Waals surface area contributed by atoms with Crippen LogP contribution in [0.4, 0.5) is 5.13 Å². The smallest absolute Gasteiger partial charge is 0.224 e. The second-order valence-electron chi connectivity index (χ2n) is 4.49. The van der Waals surface area contributed by atoms with E-state index in [1.54, 1.807) is 0 Å². The van der Waals surface area contributed by atoms with Crippen LogP contribution in [-0.4, -0.2) is 41.4 Å². The molecule has 2 rings (SSSR count). The average Bonchev–Trinajstić information content (AvgIpc) is 2.83. The largest absolute Gasteiger partial charge is 0.355 e. The first-order chi connectivity index (χ1) is 8.70. The number of aryl methyl sites for hydroxylation is 1. The molecule has 1 aliphatic rings. The van der Waals surface area contributed by atoms with E-state index < -0.39 is 0 Å². The summed E-state index contributed by atoms with van der Waals surface area (Å²) in [7, 11) is 0. The quantitative estimate of drug-likeness (QED) is 0.812. The third-order valence-corrected chi connectivity index (χ3v) is 3.89. The van der Waals surface area contributed by atoms with Crippen LogP contribution in [-0.2, 0) is 4.79 Å². The van der Waals surface area contributed by atoms with Crippen molar-refractivity contribution in [3.63, 3.8) is 0 Å². The molecule has 1 amide bonds. The number of carbonyl (C=O) groups excluding carboxylic acids is 1. The van der Waals surface area contributed by atoms with Gasteiger partial charge in [0.25, 0.3) is 0 Å². The number of aromatic nitrogens is 2. The van der Waals surface area contributed by atoms with Gasteiger partial charge in [0, 0.05) is 37.7 Å². The van der Waals surface area contributed by atoms with Crippen LogP contribution < -0.4 is 16.0 Å². The number of hydrogen-bond acceptors (Lipinski definition) is 6. The normalized spacial score (nSPS) is 19.9. The van der Waals surface area contributed by atoms with Crippen LogP contribution in [0.2, 0.25) is 0 Å². The van der Waals surface area contributed by atoms with Crippen molar-refractivity contribution in [1.29, 1.82) is 0 Å². The van der Waals surface area contributed by atoms with Gasteiger partial charge in [-0.15, -0.1) is 0 Å².